The van der Waals surface area contributed by atoms with Crippen LogP contribution in [-0.4, -0.2) is 44.1 Å². The number of sulfonamides is 1. The first-order valence-electron chi connectivity index (χ1n) is 7.91. The van der Waals surface area contributed by atoms with E-state index >= 15 is 0 Å². The summed E-state index contributed by atoms with van der Waals surface area (Å²) < 4.78 is 35.7. The lowest BCUT2D eigenvalue weighted by Gasteiger charge is -2.21. The first-order valence-corrected chi connectivity index (χ1v) is 9.76. The predicted octanol–water partition coefficient (Wildman–Crippen LogP) is 2.52. The monoisotopic (exact) mass is 376 g/mol. The number of hydrazone groups is 1. The van der Waals surface area contributed by atoms with E-state index in [2.05, 4.69) is 5.10 Å². The van der Waals surface area contributed by atoms with Crippen LogP contribution in [0.2, 0.25) is 0 Å². The van der Waals surface area contributed by atoms with Crippen LogP contribution in [-0.2, 0) is 10.0 Å². The van der Waals surface area contributed by atoms with Crippen LogP contribution in [0.15, 0.2) is 47.6 Å². The molecule has 0 amide bonds. The molecule has 2 aromatic rings. The molecule has 0 unspecified atom stereocenters. The molecule has 26 heavy (non-hydrogen) atoms. The van der Waals surface area contributed by atoms with Gasteiger partial charge >= 0.3 is 0 Å². The second kappa shape index (κ2) is 6.87. The lowest BCUT2D eigenvalue weighted by Crippen LogP contribution is -2.25. The van der Waals surface area contributed by atoms with Crippen LogP contribution in [0.5, 0.6) is 17.2 Å². The fourth-order valence-corrected chi connectivity index (χ4v) is 3.82. The van der Waals surface area contributed by atoms with Crippen molar-refractivity contribution in [3.8, 4) is 17.2 Å². The van der Waals surface area contributed by atoms with E-state index in [1.54, 1.807) is 31.4 Å². The highest BCUT2D eigenvalue weighted by Crippen LogP contribution is 2.38. The average Bonchev–Trinajstić information content (AvgIpc) is 3.07. The molecule has 0 saturated heterocycles. The molecule has 0 aliphatic carbocycles. The van der Waals surface area contributed by atoms with Crippen molar-refractivity contribution in [2.45, 2.75) is 12.5 Å². The molecule has 0 fully saturated rings. The number of phenolic OH excluding ortho intramolecular Hbond substituents is 1. The molecule has 7 nitrogen and oxygen atoms in total. The van der Waals surface area contributed by atoms with Gasteiger partial charge in [0.1, 0.15) is 5.75 Å². The standard InChI is InChI=1S/C18H20N2O5S/c1-24-14-7-4-12(5-8-14)15-11-16(20(19-15)26(3,22)23)13-6-9-18(25-2)17(21)10-13/h4-10,16,21H,11H2,1-3H3/t16-/m0/s1. The molecule has 1 atom stereocenters. The van der Waals surface area contributed by atoms with Crippen molar-refractivity contribution in [1.29, 1.82) is 0 Å². The van der Waals surface area contributed by atoms with Gasteiger partial charge in [0.05, 0.1) is 32.2 Å². The van der Waals surface area contributed by atoms with Crippen molar-refractivity contribution in [3.05, 3.63) is 53.6 Å². The number of aromatic hydroxyl groups is 1. The van der Waals surface area contributed by atoms with Gasteiger partial charge in [-0.25, -0.2) is 8.42 Å². The van der Waals surface area contributed by atoms with Crippen LogP contribution in [0.25, 0.3) is 0 Å². The predicted molar refractivity (Wildman–Crippen MR) is 98.2 cm³/mol. The first-order chi connectivity index (χ1) is 12.3. The van der Waals surface area contributed by atoms with Crippen LogP contribution in [0, 0.1) is 0 Å². The molecule has 1 N–H and O–H groups in total. The van der Waals surface area contributed by atoms with E-state index in [4.69, 9.17) is 9.47 Å². The Morgan fingerprint density at radius 2 is 1.81 bits per heavy atom. The zero-order chi connectivity index (χ0) is 18.9. The average molecular weight is 376 g/mol. The summed E-state index contributed by atoms with van der Waals surface area (Å²) in [7, 11) is -0.535. The van der Waals surface area contributed by atoms with E-state index in [1.165, 1.54) is 13.2 Å². The Kier molecular flexibility index (Phi) is 4.78. The summed E-state index contributed by atoms with van der Waals surface area (Å²) in [5.74, 6) is 0.995. The lowest BCUT2D eigenvalue weighted by atomic mass is 9.99. The van der Waals surface area contributed by atoms with Gasteiger partial charge < -0.3 is 14.6 Å². The van der Waals surface area contributed by atoms with E-state index in [0.29, 0.717) is 29.2 Å². The number of hydrogen-bond donors (Lipinski definition) is 1. The number of rotatable bonds is 5. The highest BCUT2D eigenvalue weighted by atomic mass is 32.2. The normalized spacial score (nSPS) is 17.1. The molecule has 0 spiro atoms. The van der Waals surface area contributed by atoms with E-state index in [-0.39, 0.29) is 5.75 Å². The van der Waals surface area contributed by atoms with Crippen LogP contribution in [0.3, 0.4) is 0 Å². The van der Waals surface area contributed by atoms with Crippen molar-refractivity contribution < 1.29 is 23.0 Å². The molecule has 0 radical (unpaired) electrons. The second-order valence-electron chi connectivity index (χ2n) is 5.96. The number of phenols is 1. The Bertz CT molecular complexity index is 939. The van der Waals surface area contributed by atoms with Gasteiger partial charge in [-0.1, -0.05) is 6.07 Å². The van der Waals surface area contributed by atoms with E-state index in [0.717, 1.165) is 16.2 Å². The van der Waals surface area contributed by atoms with Crippen molar-refractivity contribution in [2.24, 2.45) is 5.10 Å². The minimum Gasteiger partial charge on any atom is -0.504 e. The van der Waals surface area contributed by atoms with E-state index < -0.39 is 16.1 Å². The van der Waals surface area contributed by atoms with Crippen molar-refractivity contribution >= 4 is 15.7 Å². The second-order valence-corrected chi connectivity index (χ2v) is 7.80. The first kappa shape index (κ1) is 18.1. The third-order valence-corrected chi connectivity index (χ3v) is 5.24. The Labute approximate surface area is 152 Å². The Morgan fingerprint density at radius 1 is 1.12 bits per heavy atom. The van der Waals surface area contributed by atoms with Crippen molar-refractivity contribution in [3.63, 3.8) is 0 Å². The molecule has 3 rings (SSSR count). The van der Waals surface area contributed by atoms with Crippen LogP contribution >= 0.6 is 0 Å². The lowest BCUT2D eigenvalue weighted by molar-refractivity contribution is 0.362. The quantitative estimate of drug-likeness (QED) is 0.866. The minimum absolute atomic E-state index is 0.0450. The van der Waals surface area contributed by atoms with Gasteiger partial charge in [0, 0.05) is 6.42 Å². The zero-order valence-corrected chi connectivity index (χ0v) is 15.5. The molecule has 0 bridgehead atoms. The summed E-state index contributed by atoms with van der Waals surface area (Å²) in [6.45, 7) is 0. The number of hydrogen-bond acceptors (Lipinski definition) is 6. The Morgan fingerprint density at radius 3 is 2.35 bits per heavy atom. The minimum atomic E-state index is -3.57. The Hall–Kier alpha value is -2.74. The fraction of sp³-hybridized carbons (Fsp3) is 0.278. The van der Waals surface area contributed by atoms with E-state index in [1.807, 2.05) is 12.1 Å². The molecule has 2 aromatic carbocycles. The number of ether oxygens (including phenoxy) is 2. The molecule has 0 aromatic heterocycles. The third-order valence-electron chi connectivity index (χ3n) is 4.22. The summed E-state index contributed by atoms with van der Waals surface area (Å²) in [5.41, 5.74) is 2.11. The largest absolute Gasteiger partial charge is 0.504 e. The Balaban J connectivity index is 1.97. The summed E-state index contributed by atoms with van der Waals surface area (Å²) in [6.07, 6.45) is 1.51. The molecular formula is C18H20N2O5S. The van der Waals surface area contributed by atoms with Gasteiger partial charge in [0.25, 0.3) is 0 Å². The molecule has 1 aliphatic heterocycles. The summed E-state index contributed by atoms with van der Waals surface area (Å²) in [4.78, 5) is 0. The molecule has 8 heteroatoms. The van der Waals surface area contributed by atoms with E-state index in [9.17, 15) is 13.5 Å². The fourth-order valence-electron chi connectivity index (χ4n) is 2.91. The van der Waals surface area contributed by atoms with Crippen molar-refractivity contribution in [1.82, 2.24) is 4.41 Å². The molecule has 1 heterocycles. The van der Waals surface area contributed by atoms with Gasteiger partial charge in [0.15, 0.2) is 11.5 Å². The number of methoxy groups -OCH3 is 2. The number of benzene rings is 2. The molecular weight excluding hydrogens is 356 g/mol. The molecule has 138 valence electrons. The van der Waals surface area contributed by atoms with Gasteiger partial charge in [-0.2, -0.15) is 9.52 Å². The smallest absolute Gasteiger partial charge is 0.247 e. The van der Waals surface area contributed by atoms with Gasteiger partial charge in [-0.05, 0) is 47.5 Å². The highest BCUT2D eigenvalue weighted by Gasteiger charge is 2.34. The van der Waals surface area contributed by atoms with Gasteiger partial charge in [-0.3, -0.25) is 0 Å². The van der Waals surface area contributed by atoms with Crippen LogP contribution in [0.1, 0.15) is 23.6 Å². The zero-order valence-electron chi connectivity index (χ0n) is 14.7. The SMILES string of the molecule is COc1ccc(C2=NN(S(C)(=O)=O)[C@H](c3ccc(OC)c(O)c3)C2)cc1. The maximum atomic E-state index is 12.2. The van der Waals surface area contributed by atoms with Gasteiger partial charge in [-0.15, -0.1) is 0 Å². The van der Waals surface area contributed by atoms with Crippen LogP contribution in [0.4, 0.5) is 0 Å². The number of nitrogens with zero attached hydrogens (tertiary/aromatic N) is 2. The summed E-state index contributed by atoms with van der Waals surface area (Å²) in [5, 5.41) is 14.4. The molecule has 0 saturated carbocycles. The van der Waals surface area contributed by atoms with Gasteiger partial charge in [0.2, 0.25) is 10.0 Å². The maximum absolute atomic E-state index is 12.2. The maximum Gasteiger partial charge on any atom is 0.247 e. The third kappa shape index (κ3) is 3.45. The summed E-state index contributed by atoms with van der Waals surface area (Å²) in [6, 6.07) is 11.6. The topological polar surface area (TPSA) is 88.4 Å². The molecule has 1 aliphatic rings. The summed E-state index contributed by atoms with van der Waals surface area (Å²) >= 11 is 0. The van der Waals surface area contributed by atoms with Crippen LogP contribution < -0.4 is 9.47 Å². The van der Waals surface area contributed by atoms with Crippen molar-refractivity contribution in [2.75, 3.05) is 20.5 Å². The highest BCUT2D eigenvalue weighted by molar-refractivity contribution is 7.88.